The van der Waals surface area contributed by atoms with Gasteiger partial charge in [-0.1, -0.05) is 35.8 Å². The first-order valence-corrected chi connectivity index (χ1v) is 10.8. The quantitative estimate of drug-likeness (QED) is 0.444. The number of aromatic nitrogens is 6. The van der Waals surface area contributed by atoms with Gasteiger partial charge in [-0.3, -0.25) is 9.48 Å². The maximum absolute atomic E-state index is 11.0. The first-order valence-electron chi connectivity index (χ1n) is 10.8. The van der Waals surface area contributed by atoms with Crippen molar-refractivity contribution in [1.82, 2.24) is 35.2 Å². The molecule has 10 nitrogen and oxygen atoms in total. The van der Waals surface area contributed by atoms with Gasteiger partial charge in [0.15, 0.2) is 5.82 Å². The molecular formula is C23H24N8O2. The van der Waals surface area contributed by atoms with Crippen molar-refractivity contribution in [1.29, 1.82) is 0 Å². The van der Waals surface area contributed by atoms with Crippen LogP contribution in [0, 0.1) is 0 Å². The van der Waals surface area contributed by atoms with Gasteiger partial charge in [0, 0.05) is 37.6 Å². The van der Waals surface area contributed by atoms with Crippen molar-refractivity contribution < 1.29 is 9.32 Å². The van der Waals surface area contributed by atoms with E-state index in [1.165, 1.54) is 6.92 Å². The van der Waals surface area contributed by atoms with E-state index in [0.29, 0.717) is 24.8 Å². The summed E-state index contributed by atoms with van der Waals surface area (Å²) in [6, 6.07) is 8.34. The van der Waals surface area contributed by atoms with Crippen molar-refractivity contribution in [2.45, 2.75) is 38.1 Å². The van der Waals surface area contributed by atoms with Gasteiger partial charge in [0.2, 0.25) is 11.9 Å². The molecule has 3 N–H and O–H groups in total. The molecule has 10 heteroatoms. The standard InChI is InChI=1S/C23H24N8O2/c1-15(32)25-9-10-31-14-18(13-28-31)20-29-21(30-33-20)23(7-2-8-23)19-5-3-16(4-6-19)17-11-26-22(24)27-12-17/h3-6,11-14H,2,7-10H2,1H3,(H,25,32)(H2,24,26,27). The summed E-state index contributed by atoms with van der Waals surface area (Å²) in [4.78, 5) is 23.9. The van der Waals surface area contributed by atoms with E-state index in [2.05, 4.69) is 49.8 Å². The molecule has 1 aliphatic rings. The number of carbonyl (C=O) groups is 1. The number of nitrogens with two attached hydrogens (primary N) is 1. The van der Waals surface area contributed by atoms with Crippen LogP contribution in [-0.4, -0.2) is 42.3 Å². The first kappa shape index (κ1) is 20.8. The molecule has 0 spiro atoms. The highest BCUT2D eigenvalue weighted by Gasteiger charge is 2.44. The van der Waals surface area contributed by atoms with Gasteiger partial charge < -0.3 is 15.6 Å². The highest BCUT2D eigenvalue weighted by molar-refractivity contribution is 5.72. The average Bonchev–Trinajstić information content (AvgIpc) is 3.44. The van der Waals surface area contributed by atoms with Gasteiger partial charge in [-0.25, -0.2) is 9.97 Å². The predicted octanol–water partition coefficient (Wildman–Crippen LogP) is 2.58. The lowest BCUT2D eigenvalue weighted by atomic mass is 9.64. The summed E-state index contributed by atoms with van der Waals surface area (Å²) in [6.45, 7) is 2.56. The lowest BCUT2D eigenvalue weighted by Gasteiger charge is -2.39. The summed E-state index contributed by atoms with van der Waals surface area (Å²) in [5, 5.41) is 11.4. The molecule has 0 unspecified atom stereocenters. The van der Waals surface area contributed by atoms with Gasteiger partial charge in [-0.05, 0) is 24.0 Å². The monoisotopic (exact) mass is 444 g/mol. The third-order valence-electron chi connectivity index (χ3n) is 6.10. The Morgan fingerprint density at radius 2 is 1.88 bits per heavy atom. The number of nitrogens with zero attached hydrogens (tertiary/aromatic N) is 6. The van der Waals surface area contributed by atoms with Crippen molar-refractivity contribution in [3.05, 3.63) is 60.4 Å². The van der Waals surface area contributed by atoms with Gasteiger partial charge in [0.25, 0.3) is 5.89 Å². The molecular weight excluding hydrogens is 420 g/mol. The van der Waals surface area contributed by atoms with E-state index in [1.54, 1.807) is 23.3 Å². The molecule has 0 atom stereocenters. The summed E-state index contributed by atoms with van der Waals surface area (Å²) in [5.41, 5.74) is 9.19. The zero-order valence-electron chi connectivity index (χ0n) is 18.2. The van der Waals surface area contributed by atoms with Gasteiger partial charge in [0.1, 0.15) is 0 Å². The van der Waals surface area contributed by atoms with Crippen molar-refractivity contribution in [3.8, 4) is 22.6 Å². The van der Waals surface area contributed by atoms with E-state index in [-0.39, 0.29) is 17.3 Å². The fourth-order valence-electron chi connectivity index (χ4n) is 4.12. The topological polar surface area (TPSA) is 138 Å². The maximum atomic E-state index is 11.0. The Balaban J connectivity index is 1.35. The number of anilines is 1. The first-order chi connectivity index (χ1) is 16.0. The van der Waals surface area contributed by atoms with Gasteiger partial charge >= 0.3 is 0 Å². The number of nitrogen functional groups attached to an aromatic ring is 1. The highest BCUT2D eigenvalue weighted by Crippen LogP contribution is 2.48. The number of carbonyl (C=O) groups excluding carboxylic acids is 1. The normalized spacial score (nSPS) is 14.6. The minimum atomic E-state index is -0.251. The Kier molecular flexibility index (Phi) is 5.33. The van der Waals surface area contributed by atoms with Crippen LogP contribution in [0.1, 0.15) is 37.6 Å². The fraction of sp³-hybridized carbons (Fsp3) is 0.304. The number of hydrogen-bond acceptors (Lipinski definition) is 8. The van der Waals surface area contributed by atoms with Crippen LogP contribution in [0.2, 0.25) is 0 Å². The molecule has 3 aromatic heterocycles. The van der Waals surface area contributed by atoms with E-state index in [1.807, 2.05) is 6.20 Å². The molecule has 0 radical (unpaired) electrons. The average molecular weight is 444 g/mol. The summed E-state index contributed by atoms with van der Waals surface area (Å²) < 4.78 is 7.35. The van der Waals surface area contributed by atoms with Gasteiger partial charge in [0.05, 0.1) is 23.7 Å². The second kappa shape index (κ2) is 8.45. The second-order valence-electron chi connectivity index (χ2n) is 8.24. The number of hydrogen-bond donors (Lipinski definition) is 2. The summed E-state index contributed by atoms with van der Waals surface area (Å²) >= 11 is 0. The Hall–Kier alpha value is -4.08. The Morgan fingerprint density at radius 1 is 1.12 bits per heavy atom. The molecule has 1 aromatic carbocycles. The third kappa shape index (κ3) is 4.07. The van der Waals surface area contributed by atoms with Crippen LogP contribution < -0.4 is 11.1 Å². The van der Waals surface area contributed by atoms with Crippen LogP contribution in [0.15, 0.2) is 53.6 Å². The second-order valence-corrected chi connectivity index (χ2v) is 8.24. The number of nitrogens with one attached hydrogen (secondary N) is 1. The van der Waals surface area contributed by atoms with E-state index in [4.69, 9.17) is 15.2 Å². The fourth-order valence-corrected chi connectivity index (χ4v) is 4.12. The molecule has 0 saturated heterocycles. The highest BCUT2D eigenvalue weighted by atomic mass is 16.5. The molecule has 5 rings (SSSR count). The molecule has 3 heterocycles. The maximum Gasteiger partial charge on any atom is 0.261 e. The lowest BCUT2D eigenvalue weighted by molar-refractivity contribution is -0.118. The van der Waals surface area contributed by atoms with Crippen molar-refractivity contribution in [2.75, 3.05) is 12.3 Å². The summed E-state index contributed by atoms with van der Waals surface area (Å²) in [7, 11) is 0. The van der Waals surface area contributed by atoms with E-state index >= 15 is 0 Å². The van der Waals surface area contributed by atoms with Crippen LogP contribution in [0.3, 0.4) is 0 Å². The molecule has 33 heavy (non-hydrogen) atoms. The Labute approximate surface area is 190 Å². The Bertz CT molecular complexity index is 1260. The van der Waals surface area contributed by atoms with Gasteiger partial charge in [-0.2, -0.15) is 10.1 Å². The van der Waals surface area contributed by atoms with Crippen LogP contribution in [0.4, 0.5) is 5.95 Å². The summed E-state index contributed by atoms with van der Waals surface area (Å²) in [5.74, 6) is 1.33. The predicted molar refractivity (Wildman–Crippen MR) is 121 cm³/mol. The molecule has 0 aliphatic heterocycles. The van der Waals surface area contributed by atoms with E-state index in [0.717, 1.165) is 41.5 Å². The van der Waals surface area contributed by atoms with Crippen LogP contribution in [-0.2, 0) is 16.8 Å². The van der Waals surface area contributed by atoms with Crippen molar-refractivity contribution >= 4 is 11.9 Å². The number of amides is 1. The van der Waals surface area contributed by atoms with Crippen LogP contribution in [0.5, 0.6) is 0 Å². The molecule has 1 saturated carbocycles. The number of benzene rings is 1. The zero-order valence-corrected chi connectivity index (χ0v) is 18.2. The van der Waals surface area contributed by atoms with Crippen LogP contribution in [0.25, 0.3) is 22.6 Å². The van der Waals surface area contributed by atoms with Crippen molar-refractivity contribution in [3.63, 3.8) is 0 Å². The molecule has 1 aliphatic carbocycles. The molecule has 0 bridgehead atoms. The Morgan fingerprint density at radius 3 is 2.55 bits per heavy atom. The van der Waals surface area contributed by atoms with E-state index in [9.17, 15) is 4.79 Å². The third-order valence-corrected chi connectivity index (χ3v) is 6.10. The molecule has 4 aromatic rings. The SMILES string of the molecule is CC(=O)NCCn1cc(-c2nc(C3(c4ccc(-c5cnc(N)nc5)cc4)CCC3)no2)cn1. The lowest BCUT2D eigenvalue weighted by Crippen LogP contribution is -2.36. The van der Waals surface area contributed by atoms with Crippen LogP contribution >= 0.6 is 0 Å². The molecule has 168 valence electrons. The minimum Gasteiger partial charge on any atom is -0.368 e. The molecule has 1 amide bonds. The number of rotatable bonds is 7. The largest absolute Gasteiger partial charge is 0.368 e. The molecule has 1 fully saturated rings. The minimum absolute atomic E-state index is 0.0652. The van der Waals surface area contributed by atoms with E-state index < -0.39 is 0 Å². The van der Waals surface area contributed by atoms with Gasteiger partial charge in [-0.15, -0.1) is 0 Å². The zero-order chi connectivity index (χ0) is 22.8. The summed E-state index contributed by atoms with van der Waals surface area (Å²) in [6.07, 6.45) is 10.0. The van der Waals surface area contributed by atoms with Crippen molar-refractivity contribution in [2.24, 2.45) is 0 Å². The smallest absolute Gasteiger partial charge is 0.261 e.